The third-order valence-corrected chi connectivity index (χ3v) is 4.72. The van der Waals surface area contributed by atoms with Crippen molar-refractivity contribution in [1.82, 2.24) is 4.58 Å². The van der Waals surface area contributed by atoms with Crippen LogP contribution in [0.3, 0.4) is 0 Å². The van der Waals surface area contributed by atoms with Crippen LogP contribution in [0.2, 0.25) is 0 Å². The van der Waals surface area contributed by atoms with Gasteiger partial charge in [-0.2, -0.15) is 0 Å². The van der Waals surface area contributed by atoms with E-state index in [0.29, 0.717) is 6.04 Å². The van der Waals surface area contributed by atoms with Crippen molar-refractivity contribution < 1.29 is 8.99 Å². The molecule has 0 radical (unpaired) electrons. The Morgan fingerprint density at radius 2 is 1.52 bits per heavy atom. The summed E-state index contributed by atoms with van der Waals surface area (Å²) in [6.45, 7) is 4.36. The maximum atomic E-state index is 5.95. The fraction of sp³-hybridized carbons (Fsp3) is 0.136. The fourth-order valence-electron chi connectivity index (χ4n) is 3.52. The van der Waals surface area contributed by atoms with Crippen LogP contribution in [-0.4, -0.2) is 16.6 Å². The lowest BCUT2D eigenvalue weighted by Crippen LogP contribution is -2.12. The summed E-state index contributed by atoms with van der Waals surface area (Å²) in [6.07, 6.45) is 0. The first-order chi connectivity index (χ1) is 12.2. The van der Waals surface area contributed by atoms with Gasteiger partial charge in [0, 0.05) is 35.0 Å². The van der Waals surface area contributed by atoms with Crippen LogP contribution in [0.1, 0.15) is 13.8 Å². The van der Waals surface area contributed by atoms with Gasteiger partial charge in [0.2, 0.25) is 5.69 Å². The van der Waals surface area contributed by atoms with Crippen molar-refractivity contribution in [3.8, 4) is 0 Å². The third kappa shape index (κ3) is 2.07. The average molecular weight is 326 g/mol. The molecule has 1 aliphatic rings. The van der Waals surface area contributed by atoms with Gasteiger partial charge in [-0.05, 0) is 30.6 Å². The Morgan fingerprint density at radius 3 is 2.36 bits per heavy atom. The van der Waals surface area contributed by atoms with Crippen LogP contribution in [-0.2, 0) is 0 Å². The van der Waals surface area contributed by atoms with Gasteiger partial charge in [0.15, 0.2) is 6.04 Å². The molecule has 0 saturated carbocycles. The molecule has 0 unspecified atom stereocenters. The monoisotopic (exact) mass is 326 g/mol. The van der Waals surface area contributed by atoms with Crippen molar-refractivity contribution in [1.29, 1.82) is 0 Å². The van der Waals surface area contributed by atoms with Gasteiger partial charge in [-0.1, -0.05) is 34.9 Å². The molecule has 0 aliphatic carbocycles. The van der Waals surface area contributed by atoms with Crippen LogP contribution in [0.25, 0.3) is 21.9 Å². The molecule has 0 fully saturated rings. The molecule has 5 rings (SSSR count). The van der Waals surface area contributed by atoms with Crippen molar-refractivity contribution in [2.45, 2.75) is 19.9 Å². The molecule has 0 N–H and O–H groups in total. The molecule has 0 saturated heterocycles. The molecule has 3 aromatic carbocycles. The molecule has 2 heterocycles. The highest BCUT2D eigenvalue weighted by molar-refractivity contribution is 6.06. The fourth-order valence-corrected chi connectivity index (χ4v) is 3.52. The van der Waals surface area contributed by atoms with E-state index in [9.17, 15) is 0 Å². The summed E-state index contributed by atoms with van der Waals surface area (Å²) in [6, 6.07) is 26.8. The average Bonchev–Trinajstić information content (AvgIpc) is 3.20. The summed E-state index contributed by atoms with van der Waals surface area (Å²) in [4.78, 5) is 0. The third-order valence-electron chi connectivity index (χ3n) is 4.72. The quantitative estimate of drug-likeness (QED) is 0.435. The van der Waals surface area contributed by atoms with Gasteiger partial charge in [0.1, 0.15) is 11.2 Å². The molecular weight excluding hydrogens is 308 g/mol. The summed E-state index contributed by atoms with van der Waals surface area (Å²) >= 11 is 0. The molecule has 0 spiro atoms. The second kappa shape index (κ2) is 5.17. The number of hydrogen-bond acceptors (Lipinski definition) is 1. The minimum atomic E-state index is 0.352. The first-order valence-corrected chi connectivity index (χ1v) is 8.58. The Hall–Kier alpha value is -3.16. The second-order valence-electron chi connectivity index (χ2n) is 6.67. The molecule has 0 atom stereocenters. The summed E-state index contributed by atoms with van der Waals surface area (Å²) < 4.78 is 10.3. The van der Waals surface area contributed by atoms with Gasteiger partial charge >= 0.3 is 6.01 Å². The normalized spacial score (nSPS) is 13.4. The number of rotatable bonds is 2. The number of nitrogens with zero attached hydrogens (tertiary/aromatic N) is 2. The highest BCUT2D eigenvalue weighted by Crippen LogP contribution is 2.36. The van der Waals surface area contributed by atoms with Crippen molar-refractivity contribution in [2.24, 2.45) is 0 Å². The Kier molecular flexibility index (Phi) is 2.94. The van der Waals surface area contributed by atoms with E-state index in [1.165, 1.54) is 5.69 Å². The van der Waals surface area contributed by atoms with Gasteiger partial charge in [-0.3, -0.25) is 0 Å². The zero-order valence-corrected chi connectivity index (χ0v) is 14.2. The zero-order valence-electron chi connectivity index (χ0n) is 14.2. The molecule has 3 heteroatoms. The Bertz CT molecular complexity index is 1210. The van der Waals surface area contributed by atoms with Gasteiger partial charge < -0.3 is 4.42 Å². The van der Waals surface area contributed by atoms with Crippen molar-refractivity contribution >= 4 is 45.0 Å². The van der Waals surface area contributed by atoms with E-state index in [-0.39, 0.29) is 0 Å². The molecule has 0 amide bonds. The molecular formula is C22H18N2O+2. The first kappa shape index (κ1) is 14.2. The van der Waals surface area contributed by atoms with E-state index in [2.05, 4.69) is 71.5 Å². The maximum Gasteiger partial charge on any atom is 0.496 e. The highest BCUT2D eigenvalue weighted by atomic mass is 16.3. The van der Waals surface area contributed by atoms with Gasteiger partial charge in [-0.25, -0.2) is 0 Å². The van der Waals surface area contributed by atoms with Crippen LogP contribution in [0.5, 0.6) is 0 Å². The standard InChI is InChI=1S/C22H18N2O/c1-15(2)23-14-24(20-9-5-4-8-19(20)23)16-11-12-22-18(13-16)17-7-3-6-10-21(17)25-22/h3-13,15H,1-2H3/q+2. The lowest BCUT2D eigenvalue weighted by atomic mass is 10.1. The predicted octanol–water partition coefficient (Wildman–Crippen LogP) is 5.66. The zero-order chi connectivity index (χ0) is 17.0. The molecule has 1 aromatic heterocycles. The highest BCUT2D eigenvalue weighted by Gasteiger charge is 2.36. The topological polar surface area (TPSA) is 19.2 Å². The Balaban J connectivity index is 1.78. The molecule has 120 valence electrons. The predicted molar refractivity (Wildman–Crippen MR) is 102 cm³/mol. The van der Waals surface area contributed by atoms with E-state index in [1.807, 2.05) is 24.3 Å². The first-order valence-electron chi connectivity index (χ1n) is 8.58. The van der Waals surface area contributed by atoms with Crippen LogP contribution >= 0.6 is 0 Å². The molecule has 3 nitrogen and oxygen atoms in total. The number of furan rings is 1. The van der Waals surface area contributed by atoms with Crippen LogP contribution < -0.4 is 4.58 Å². The minimum absolute atomic E-state index is 0.352. The van der Waals surface area contributed by atoms with Gasteiger partial charge in [0.25, 0.3) is 11.4 Å². The molecule has 1 aliphatic heterocycles. The maximum absolute atomic E-state index is 5.95. The summed E-state index contributed by atoms with van der Waals surface area (Å²) in [5.41, 5.74) is 5.28. The second-order valence-corrected chi connectivity index (χ2v) is 6.67. The Morgan fingerprint density at radius 1 is 0.800 bits per heavy atom. The number of benzene rings is 3. The van der Waals surface area contributed by atoms with E-state index in [0.717, 1.165) is 33.3 Å². The molecule has 4 aromatic rings. The smallest absolute Gasteiger partial charge is 0.456 e. The number of para-hydroxylation sites is 3. The number of fused-ring (bicyclic) bond motifs is 4. The summed E-state index contributed by atoms with van der Waals surface area (Å²) in [5.74, 6) is 0. The SMILES string of the molecule is CC(C)[N+]1=C=[N+](c2ccc3oc4ccccc4c3c2)c2ccccc21. The van der Waals surface area contributed by atoms with Crippen molar-refractivity contribution in [2.75, 3.05) is 0 Å². The summed E-state index contributed by atoms with van der Waals surface area (Å²) in [5, 5.41) is 2.28. The number of hydrogen-bond donors (Lipinski definition) is 0. The lowest BCUT2D eigenvalue weighted by molar-refractivity contribution is -0.466. The van der Waals surface area contributed by atoms with E-state index >= 15 is 0 Å². The Labute approximate surface area is 145 Å². The van der Waals surface area contributed by atoms with Crippen molar-refractivity contribution in [3.63, 3.8) is 0 Å². The van der Waals surface area contributed by atoms with Gasteiger partial charge in [-0.15, -0.1) is 0 Å². The summed E-state index contributed by atoms with van der Waals surface area (Å²) in [7, 11) is 0. The van der Waals surface area contributed by atoms with E-state index < -0.39 is 0 Å². The van der Waals surface area contributed by atoms with Crippen LogP contribution in [0.4, 0.5) is 17.1 Å². The molecule has 25 heavy (non-hydrogen) atoms. The van der Waals surface area contributed by atoms with Gasteiger partial charge in [0.05, 0.1) is 0 Å². The van der Waals surface area contributed by atoms with Crippen LogP contribution in [0, 0.1) is 0 Å². The van der Waals surface area contributed by atoms with Crippen molar-refractivity contribution in [3.05, 3.63) is 66.7 Å². The lowest BCUT2D eigenvalue weighted by Gasteiger charge is -1.97. The minimum Gasteiger partial charge on any atom is -0.456 e. The molecule has 0 bridgehead atoms. The largest absolute Gasteiger partial charge is 0.496 e. The van der Waals surface area contributed by atoms with E-state index in [1.54, 1.807) is 0 Å². The van der Waals surface area contributed by atoms with Crippen LogP contribution in [0.15, 0.2) is 71.1 Å². The van der Waals surface area contributed by atoms with E-state index in [4.69, 9.17) is 4.42 Å².